The van der Waals surface area contributed by atoms with Gasteiger partial charge in [-0.15, -0.1) is 0 Å². The molecule has 7 heteroatoms. The summed E-state index contributed by atoms with van der Waals surface area (Å²) in [4.78, 5) is 12.4. The third kappa shape index (κ3) is 3.63. The van der Waals surface area contributed by atoms with E-state index < -0.39 is 12.0 Å². The van der Waals surface area contributed by atoms with Crippen molar-refractivity contribution in [2.45, 2.75) is 32.3 Å². The highest BCUT2D eigenvalue weighted by Crippen LogP contribution is 2.38. The van der Waals surface area contributed by atoms with Gasteiger partial charge in [0.2, 0.25) is 5.91 Å². The van der Waals surface area contributed by atoms with Crippen LogP contribution in [-0.4, -0.2) is 19.1 Å². The summed E-state index contributed by atoms with van der Waals surface area (Å²) in [6, 6.07) is 4.16. The predicted molar refractivity (Wildman–Crippen MR) is 76.7 cm³/mol. The number of amides is 1. The zero-order chi connectivity index (χ0) is 15.5. The number of carbonyl (C=O) groups is 1. The van der Waals surface area contributed by atoms with Crippen molar-refractivity contribution >= 4 is 23.2 Å². The Morgan fingerprint density at radius 3 is 2.62 bits per heavy atom. The fourth-order valence-corrected chi connectivity index (χ4v) is 2.83. The molecule has 1 aromatic carbocycles. The van der Waals surface area contributed by atoms with Gasteiger partial charge in [-0.1, -0.05) is 24.4 Å². The van der Waals surface area contributed by atoms with Gasteiger partial charge in [0.25, 0.3) is 0 Å². The summed E-state index contributed by atoms with van der Waals surface area (Å²) in [6.45, 7) is -2.65. The summed E-state index contributed by atoms with van der Waals surface area (Å²) in [7, 11) is 0. The number of ether oxygens (including phenoxy) is 1. The average molecular weight is 319 g/mol. The fourth-order valence-electron chi connectivity index (χ4n) is 2.61. The molecule has 1 fully saturated rings. The first-order valence-corrected chi connectivity index (χ1v) is 7.10. The van der Waals surface area contributed by atoms with E-state index in [0.29, 0.717) is 12.2 Å². The lowest BCUT2D eigenvalue weighted by atomic mass is 9.85. The number of hydrogen-bond acceptors (Lipinski definition) is 3. The third-order valence-corrected chi connectivity index (χ3v) is 4.13. The standard InChI is InChI=1S/C14H17ClF2N2O2/c15-10-7-9(3-4-11(10)21-13(16)17)19-12(20)14(8-18)5-1-2-6-14/h3-4,7,13H,1-2,5-6,8,18H2,(H,19,20). The third-order valence-electron chi connectivity index (χ3n) is 3.84. The fraction of sp³-hybridized carbons (Fsp3) is 0.500. The average Bonchev–Trinajstić information content (AvgIpc) is 2.91. The number of benzene rings is 1. The maximum absolute atomic E-state index is 12.4. The van der Waals surface area contributed by atoms with Gasteiger partial charge in [0.05, 0.1) is 10.4 Å². The Kier molecular flexibility index (Phi) is 5.00. The normalized spacial score (nSPS) is 17.0. The molecule has 1 aliphatic carbocycles. The van der Waals surface area contributed by atoms with Crippen LogP contribution in [0.3, 0.4) is 0 Å². The molecular weight excluding hydrogens is 302 g/mol. The quantitative estimate of drug-likeness (QED) is 0.874. The van der Waals surface area contributed by atoms with E-state index >= 15 is 0 Å². The summed E-state index contributed by atoms with van der Waals surface area (Å²) in [5, 5.41) is 2.77. The van der Waals surface area contributed by atoms with E-state index in [-0.39, 0.29) is 16.7 Å². The second-order valence-corrected chi connectivity index (χ2v) is 5.58. The minimum Gasteiger partial charge on any atom is -0.433 e. The Labute approximate surface area is 126 Å². The van der Waals surface area contributed by atoms with Crippen LogP contribution >= 0.6 is 11.6 Å². The van der Waals surface area contributed by atoms with Crippen molar-refractivity contribution in [1.29, 1.82) is 0 Å². The van der Waals surface area contributed by atoms with Crippen molar-refractivity contribution in [3.8, 4) is 5.75 Å². The molecule has 1 aromatic rings. The minimum atomic E-state index is -2.94. The maximum Gasteiger partial charge on any atom is 0.387 e. The number of alkyl halides is 2. The van der Waals surface area contributed by atoms with Crippen molar-refractivity contribution in [1.82, 2.24) is 0 Å². The molecule has 0 aromatic heterocycles. The van der Waals surface area contributed by atoms with Gasteiger partial charge in [0.1, 0.15) is 5.75 Å². The highest BCUT2D eigenvalue weighted by Gasteiger charge is 2.39. The van der Waals surface area contributed by atoms with Gasteiger partial charge in [-0.25, -0.2) is 0 Å². The second-order valence-electron chi connectivity index (χ2n) is 5.17. The second kappa shape index (κ2) is 6.58. The van der Waals surface area contributed by atoms with E-state index in [1.54, 1.807) is 0 Å². The first-order chi connectivity index (χ1) is 9.97. The van der Waals surface area contributed by atoms with Crippen LogP contribution in [0, 0.1) is 5.41 Å². The van der Waals surface area contributed by atoms with Crippen molar-refractivity contribution in [3.63, 3.8) is 0 Å². The van der Waals surface area contributed by atoms with Gasteiger partial charge in [-0.2, -0.15) is 8.78 Å². The molecular formula is C14H17ClF2N2O2. The Bertz CT molecular complexity index is 520. The van der Waals surface area contributed by atoms with E-state index in [1.165, 1.54) is 18.2 Å². The predicted octanol–water partition coefficient (Wildman–Crippen LogP) is 3.40. The largest absolute Gasteiger partial charge is 0.433 e. The maximum atomic E-state index is 12.4. The van der Waals surface area contributed by atoms with Crippen LogP contribution in [0.25, 0.3) is 0 Å². The van der Waals surface area contributed by atoms with Crippen molar-refractivity contribution in [2.24, 2.45) is 11.1 Å². The van der Waals surface area contributed by atoms with E-state index in [1.807, 2.05) is 0 Å². The summed E-state index contributed by atoms with van der Waals surface area (Å²) >= 11 is 5.85. The van der Waals surface area contributed by atoms with Crippen LogP contribution < -0.4 is 15.8 Å². The molecule has 0 heterocycles. The Morgan fingerprint density at radius 1 is 1.43 bits per heavy atom. The monoisotopic (exact) mass is 318 g/mol. The van der Waals surface area contributed by atoms with Crippen molar-refractivity contribution in [2.75, 3.05) is 11.9 Å². The molecule has 0 spiro atoms. The molecule has 0 atom stereocenters. The topological polar surface area (TPSA) is 64.4 Å². The molecule has 1 aliphatic rings. The van der Waals surface area contributed by atoms with Crippen LogP contribution in [0.15, 0.2) is 18.2 Å². The summed E-state index contributed by atoms with van der Waals surface area (Å²) in [5.41, 5.74) is 5.64. The van der Waals surface area contributed by atoms with E-state index in [4.69, 9.17) is 17.3 Å². The molecule has 0 saturated heterocycles. The van der Waals surface area contributed by atoms with Crippen LogP contribution in [0.4, 0.5) is 14.5 Å². The molecule has 1 amide bonds. The van der Waals surface area contributed by atoms with Crippen LogP contribution in [0.2, 0.25) is 5.02 Å². The summed E-state index contributed by atoms with van der Waals surface area (Å²) in [5.74, 6) is -0.278. The van der Waals surface area contributed by atoms with Gasteiger partial charge < -0.3 is 15.8 Å². The zero-order valence-electron chi connectivity index (χ0n) is 11.4. The molecule has 0 unspecified atom stereocenters. The molecule has 2 rings (SSSR count). The Balaban J connectivity index is 2.09. The van der Waals surface area contributed by atoms with Gasteiger partial charge in [0, 0.05) is 12.2 Å². The van der Waals surface area contributed by atoms with Gasteiger partial charge >= 0.3 is 6.61 Å². The van der Waals surface area contributed by atoms with Crippen LogP contribution in [-0.2, 0) is 4.79 Å². The Hall–Kier alpha value is -1.40. The molecule has 1 saturated carbocycles. The van der Waals surface area contributed by atoms with Gasteiger partial charge in [0.15, 0.2) is 0 Å². The molecule has 0 radical (unpaired) electrons. The number of anilines is 1. The van der Waals surface area contributed by atoms with Gasteiger partial charge in [-0.3, -0.25) is 4.79 Å². The lowest BCUT2D eigenvalue weighted by Gasteiger charge is -2.25. The van der Waals surface area contributed by atoms with E-state index in [9.17, 15) is 13.6 Å². The van der Waals surface area contributed by atoms with E-state index in [2.05, 4.69) is 10.1 Å². The zero-order valence-corrected chi connectivity index (χ0v) is 12.1. The van der Waals surface area contributed by atoms with Crippen LogP contribution in [0.5, 0.6) is 5.75 Å². The summed E-state index contributed by atoms with van der Waals surface area (Å²) in [6.07, 6.45) is 3.48. The lowest BCUT2D eigenvalue weighted by Crippen LogP contribution is -2.40. The summed E-state index contributed by atoms with van der Waals surface area (Å²) < 4.78 is 28.5. The highest BCUT2D eigenvalue weighted by atomic mass is 35.5. The smallest absolute Gasteiger partial charge is 0.387 e. The first-order valence-electron chi connectivity index (χ1n) is 6.73. The van der Waals surface area contributed by atoms with Crippen LogP contribution in [0.1, 0.15) is 25.7 Å². The number of halogens is 3. The molecule has 0 aliphatic heterocycles. The number of hydrogen-bond donors (Lipinski definition) is 2. The molecule has 21 heavy (non-hydrogen) atoms. The SMILES string of the molecule is NCC1(C(=O)Nc2ccc(OC(F)F)c(Cl)c2)CCCC1. The molecule has 116 valence electrons. The first kappa shape index (κ1) is 16.0. The lowest BCUT2D eigenvalue weighted by molar-refractivity contribution is -0.124. The minimum absolute atomic E-state index is 0.0151. The number of nitrogens with two attached hydrogens (primary N) is 1. The molecule has 3 N–H and O–H groups in total. The highest BCUT2D eigenvalue weighted by molar-refractivity contribution is 6.32. The van der Waals surface area contributed by atoms with Gasteiger partial charge in [-0.05, 0) is 31.0 Å². The molecule has 0 bridgehead atoms. The number of nitrogens with one attached hydrogen (secondary N) is 1. The van der Waals surface area contributed by atoms with Crippen molar-refractivity contribution < 1.29 is 18.3 Å². The van der Waals surface area contributed by atoms with E-state index in [0.717, 1.165) is 25.7 Å². The molecule has 4 nitrogen and oxygen atoms in total. The number of rotatable bonds is 5. The van der Waals surface area contributed by atoms with Crippen molar-refractivity contribution in [3.05, 3.63) is 23.2 Å². The number of carbonyl (C=O) groups excluding carboxylic acids is 1. The Morgan fingerprint density at radius 2 is 2.10 bits per heavy atom.